The van der Waals surface area contributed by atoms with Crippen LogP contribution in [0.5, 0.6) is 0 Å². The van der Waals surface area contributed by atoms with Crippen LogP contribution in [0.3, 0.4) is 0 Å². The lowest BCUT2D eigenvalue weighted by atomic mass is 10.2. The zero-order valence-corrected chi connectivity index (χ0v) is 12.4. The van der Waals surface area contributed by atoms with E-state index in [4.69, 9.17) is 0 Å². The first-order chi connectivity index (χ1) is 9.66. The van der Waals surface area contributed by atoms with E-state index in [1.54, 1.807) is 0 Å². The third-order valence-electron chi connectivity index (χ3n) is 3.43. The molecule has 1 aromatic rings. The number of pyridine rings is 1. The summed E-state index contributed by atoms with van der Waals surface area (Å²) in [5.74, 6) is 1.77. The summed E-state index contributed by atoms with van der Waals surface area (Å²) in [5.41, 5.74) is 0. The molecule has 0 radical (unpaired) electrons. The van der Waals surface area contributed by atoms with Crippen LogP contribution in [0.2, 0.25) is 0 Å². The summed E-state index contributed by atoms with van der Waals surface area (Å²) in [6, 6.07) is 5.93. The van der Waals surface area contributed by atoms with Gasteiger partial charge in [0.2, 0.25) is 5.91 Å². The van der Waals surface area contributed by atoms with E-state index in [2.05, 4.69) is 29.0 Å². The van der Waals surface area contributed by atoms with Gasteiger partial charge in [-0.25, -0.2) is 4.98 Å². The van der Waals surface area contributed by atoms with Crippen LogP contribution in [0.1, 0.15) is 13.8 Å². The Morgan fingerprint density at radius 3 is 2.65 bits per heavy atom. The predicted molar refractivity (Wildman–Crippen MR) is 80.7 cm³/mol. The minimum atomic E-state index is 0.200. The predicted octanol–water partition coefficient (Wildman–Crippen LogP) is 0.976. The van der Waals surface area contributed by atoms with E-state index in [1.807, 2.05) is 29.3 Å². The number of aromatic nitrogens is 1. The monoisotopic (exact) mass is 276 g/mol. The molecule has 110 valence electrons. The Balaban J connectivity index is 1.75. The Bertz CT molecular complexity index is 413. The number of nitrogens with one attached hydrogen (secondary N) is 1. The molecular formula is C15H24N4O. The van der Waals surface area contributed by atoms with Gasteiger partial charge in [0.1, 0.15) is 5.82 Å². The van der Waals surface area contributed by atoms with Gasteiger partial charge in [-0.05, 0) is 24.6 Å². The quantitative estimate of drug-likeness (QED) is 0.871. The number of nitrogens with zero attached hydrogens (tertiary/aromatic N) is 3. The van der Waals surface area contributed by atoms with Gasteiger partial charge in [-0.1, -0.05) is 19.9 Å². The molecular weight excluding hydrogens is 252 g/mol. The SMILES string of the molecule is CC(C)CNCC(=O)N1CCN(c2ccccn2)CC1. The van der Waals surface area contributed by atoms with Crippen LogP contribution < -0.4 is 10.2 Å². The first-order valence-electron chi connectivity index (χ1n) is 7.31. The van der Waals surface area contributed by atoms with E-state index in [0.717, 1.165) is 38.5 Å². The number of hydrogen-bond acceptors (Lipinski definition) is 4. The van der Waals surface area contributed by atoms with Crippen molar-refractivity contribution in [3.63, 3.8) is 0 Å². The molecule has 0 bridgehead atoms. The molecule has 2 heterocycles. The van der Waals surface area contributed by atoms with E-state index >= 15 is 0 Å². The zero-order chi connectivity index (χ0) is 14.4. The molecule has 5 heteroatoms. The molecule has 0 spiro atoms. The smallest absolute Gasteiger partial charge is 0.236 e. The topological polar surface area (TPSA) is 48.5 Å². The lowest BCUT2D eigenvalue weighted by Crippen LogP contribution is -2.51. The van der Waals surface area contributed by atoms with Gasteiger partial charge >= 0.3 is 0 Å². The molecule has 0 unspecified atom stereocenters. The molecule has 1 saturated heterocycles. The van der Waals surface area contributed by atoms with E-state index in [1.165, 1.54) is 0 Å². The van der Waals surface area contributed by atoms with Gasteiger partial charge in [0.05, 0.1) is 6.54 Å². The van der Waals surface area contributed by atoms with Crippen molar-refractivity contribution in [1.29, 1.82) is 0 Å². The molecule has 1 fully saturated rings. The Morgan fingerprint density at radius 1 is 1.30 bits per heavy atom. The molecule has 1 N–H and O–H groups in total. The second kappa shape index (κ2) is 7.24. The summed E-state index contributed by atoms with van der Waals surface area (Å²) < 4.78 is 0. The van der Waals surface area contributed by atoms with Gasteiger partial charge in [-0.2, -0.15) is 0 Å². The summed E-state index contributed by atoms with van der Waals surface area (Å²) in [5, 5.41) is 3.21. The van der Waals surface area contributed by atoms with Crippen LogP contribution >= 0.6 is 0 Å². The van der Waals surface area contributed by atoms with Crippen LogP contribution in [-0.4, -0.2) is 55.1 Å². The number of amides is 1. The fourth-order valence-corrected chi connectivity index (χ4v) is 2.31. The second-order valence-corrected chi connectivity index (χ2v) is 5.58. The van der Waals surface area contributed by atoms with Crippen molar-refractivity contribution in [2.24, 2.45) is 5.92 Å². The van der Waals surface area contributed by atoms with Crippen molar-refractivity contribution < 1.29 is 4.79 Å². The molecule has 1 aliphatic rings. The summed E-state index contributed by atoms with van der Waals surface area (Å²) in [6.07, 6.45) is 1.81. The van der Waals surface area contributed by atoms with Gasteiger partial charge in [0.25, 0.3) is 0 Å². The summed E-state index contributed by atoms with van der Waals surface area (Å²) in [6.45, 7) is 8.88. The first-order valence-corrected chi connectivity index (χ1v) is 7.31. The number of carbonyl (C=O) groups excluding carboxylic acids is 1. The molecule has 0 atom stereocenters. The van der Waals surface area contributed by atoms with Crippen LogP contribution in [0.15, 0.2) is 24.4 Å². The minimum absolute atomic E-state index is 0.200. The molecule has 0 aromatic carbocycles. The average Bonchev–Trinajstić information content (AvgIpc) is 2.48. The maximum atomic E-state index is 12.1. The Hall–Kier alpha value is -1.62. The highest BCUT2D eigenvalue weighted by Gasteiger charge is 2.21. The maximum Gasteiger partial charge on any atom is 0.236 e. The van der Waals surface area contributed by atoms with Crippen LogP contribution in [0.25, 0.3) is 0 Å². The summed E-state index contributed by atoms with van der Waals surface area (Å²) >= 11 is 0. The Kier molecular flexibility index (Phi) is 5.35. The second-order valence-electron chi connectivity index (χ2n) is 5.58. The molecule has 1 amide bonds. The largest absolute Gasteiger partial charge is 0.353 e. The van der Waals surface area contributed by atoms with Gasteiger partial charge in [-0.3, -0.25) is 4.79 Å². The molecule has 1 aliphatic heterocycles. The molecule has 0 aliphatic carbocycles. The first kappa shape index (κ1) is 14.8. The standard InChI is InChI=1S/C15H24N4O/c1-13(2)11-16-12-15(20)19-9-7-18(8-10-19)14-5-3-4-6-17-14/h3-6,13,16H,7-12H2,1-2H3. The van der Waals surface area contributed by atoms with Crippen LogP contribution in [0, 0.1) is 5.92 Å². The van der Waals surface area contributed by atoms with Crippen molar-refractivity contribution >= 4 is 11.7 Å². The lowest BCUT2D eigenvalue weighted by molar-refractivity contribution is -0.130. The van der Waals surface area contributed by atoms with E-state index in [0.29, 0.717) is 12.5 Å². The van der Waals surface area contributed by atoms with E-state index in [-0.39, 0.29) is 5.91 Å². The Labute approximate surface area is 121 Å². The molecule has 1 aromatic heterocycles. The summed E-state index contributed by atoms with van der Waals surface area (Å²) in [7, 11) is 0. The fourth-order valence-electron chi connectivity index (χ4n) is 2.31. The number of piperazine rings is 1. The molecule has 5 nitrogen and oxygen atoms in total. The number of anilines is 1. The fraction of sp³-hybridized carbons (Fsp3) is 0.600. The van der Waals surface area contributed by atoms with Crippen LogP contribution in [-0.2, 0) is 4.79 Å². The van der Waals surface area contributed by atoms with Crippen molar-refractivity contribution in [3.8, 4) is 0 Å². The molecule has 20 heavy (non-hydrogen) atoms. The number of hydrogen-bond donors (Lipinski definition) is 1. The van der Waals surface area contributed by atoms with Crippen molar-refractivity contribution in [3.05, 3.63) is 24.4 Å². The highest BCUT2D eigenvalue weighted by atomic mass is 16.2. The van der Waals surface area contributed by atoms with Gasteiger partial charge in [0, 0.05) is 32.4 Å². The van der Waals surface area contributed by atoms with Crippen LogP contribution in [0.4, 0.5) is 5.82 Å². The average molecular weight is 276 g/mol. The zero-order valence-electron chi connectivity index (χ0n) is 12.4. The number of carbonyl (C=O) groups is 1. The van der Waals surface area contributed by atoms with Gasteiger partial charge in [0.15, 0.2) is 0 Å². The van der Waals surface area contributed by atoms with Crippen molar-refractivity contribution in [1.82, 2.24) is 15.2 Å². The number of rotatable bonds is 5. The normalized spacial score (nSPS) is 15.8. The van der Waals surface area contributed by atoms with E-state index in [9.17, 15) is 4.79 Å². The third kappa shape index (κ3) is 4.20. The Morgan fingerprint density at radius 2 is 2.05 bits per heavy atom. The minimum Gasteiger partial charge on any atom is -0.353 e. The molecule has 2 rings (SSSR count). The lowest BCUT2D eigenvalue weighted by Gasteiger charge is -2.35. The van der Waals surface area contributed by atoms with E-state index < -0.39 is 0 Å². The highest BCUT2D eigenvalue weighted by molar-refractivity contribution is 5.78. The van der Waals surface area contributed by atoms with Crippen molar-refractivity contribution in [2.45, 2.75) is 13.8 Å². The third-order valence-corrected chi connectivity index (χ3v) is 3.43. The van der Waals surface area contributed by atoms with Gasteiger partial charge < -0.3 is 15.1 Å². The maximum absolute atomic E-state index is 12.1. The van der Waals surface area contributed by atoms with Gasteiger partial charge in [-0.15, -0.1) is 0 Å². The van der Waals surface area contributed by atoms with Crippen molar-refractivity contribution in [2.75, 3.05) is 44.2 Å². The summed E-state index contributed by atoms with van der Waals surface area (Å²) in [4.78, 5) is 20.6. The molecule has 0 saturated carbocycles. The highest BCUT2D eigenvalue weighted by Crippen LogP contribution is 2.12.